The van der Waals surface area contributed by atoms with Gasteiger partial charge in [-0.2, -0.15) is 0 Å². The Hall–Kier alpha value is -0.290. The maximum Gasteiger partial charge on any atom is 0.119 e. The van der Waals surface area contributed by atoms with Crippen LogP contribution in [0.4, 0.5) is 0 Å². The van der Waals surface area contributed by atoms with Gasteiger partial charge >= 0.3 is 0 Å². The molecule has 2 nitrogen and oxygen atoms in total. The SMILES string of the molecule is CC(C)OCCOc1ccc(I)cc1. The molecule has 0 amide bonds. The molecule has 0 radical (unpaired) electrons. The molecule has 14 heavy (non-hydrogen) atoms. The normalized spacial score (nSPS) is 10.6. The summed E-state index contributed by atoms with van der Waals surface area (Å²) in [6.07, 6.45) is 0.273. The van der Waals surface area contributed by atoms with E-state index in [1.54, 1.807) is 0 Å². The van der Waals surface area contributed by atoms with Crippen LogP contribution in [0.25, 0.3) is 0 Å². The molecule has 0 fully saturated rings. The van der Waals surface area contributed by atoms with Crippen LogP contribution in [0, 0.1) is 3.57 Å². The van der Waals surface area contributed by atoms with Crippen molar-refractivity contribution in [1.82, 2.24) is 0 Å². The van der Waals surface area contributed by atoms with Crippen molar-refractivity contribution in [3.8, 4) is 5.75 Å². The Morgan fingerprint density at radius 1 is 1.14 bits per heavy atom. The Bertz CT molecular complexity index is 256. The van der Waals surface area contributed by atoms with E-state index in [0.29, 0.717) is 13.2 Å². The molecule has 3 heteroatoms. The van der Waals surface area contributed by atoms with Gasteiger partial charge in [-0.15, -0.1) is 0 Å². The van der Waals surface area contributed by atoms with E-state index >= 15 is 0 Å². The summed E-state index contributed by atoms with van der Waals surface area (Å²) < 4.78 is 12.1. The van der Waals surface area contributed by atoms with Crippen molar-refractivity contribution in [3.05, 3.63) is 27.8 Å². The van der Waals surface area contributed by atoms with Crippen molar-refractivity contribution in [2.75, 3.05) is 13.2 Å². The second-order valence-electron chi connectivity index (χ2n) is 3.22. The van der Waals surface area contributed by atoms with Crippen molar-refractivity contribution in [2.24, 2.45) is 0 Å². The van der Waals surface area contributed by atoms with Gasteiger partial charge in [-0.05, 0) is 60.7 Å². The molecular formula is C11H15IO2. The van der Waals surface area contributed by atoms with Crippen LogP contribution in [0.1, 0.15) is 13.8 Å². The maximum atomic E-state index is 5.48. The third kappa shape index (κ3) is 4.81. The molecule has 1 aromatic carbocycles. The first-order chi connectivity index (χ1) is 6.68. The van der Waals surface area contributed by atoms with Crippen molar-refractivity contribution in [1.29, 1.82) is 0 Å². The first-order valence-electron chi connectivity index (χ1n) is 4.68. The van der Waals surface area contributed by atoms with E-state index in [1.165, 1.54) is 3.57 Å². The summed E-state index contributed by atoms with van der Waals surface area (Å²) in [5.41, 5.74) is 0. The number of halogens is 1. The standard InChI is InChI=1S/C11H15IO2/c1-9(2)13-7-8-14-11-5-3-10(12)4-6-11/h3-6,9H,7-8H2,1-2H3. The van der Waals surface area contributed by atoms with Crippen LogP contribution in [0.15, 0.2) is 24.3 Å². The Morgan fingerprint density at radius 2 is 1.79 bits per heavy atom. The molecule has 0 aliphatic rings. The van der Waals surface area contributed by atoms with Crippen molar-refractivity contribution in [2.45, 2.75) is 20.0 Å². The van der Waals surface area contributed by atoms with Crippen LogP contribution in [0.2, 0.25) is 0 Å². The van der Waals surface area contributed by atoms with Gasteiger partial charge in [0.05, 0.1) is 12.7 Å². The van der Waals surface area contributed by atoms with Crippen LogP contribution >= 0.6 is 22.6 Å². The topological polar surface area (TPSA) is 18.5 Å². The van der Waals surface area contributed by atoms with Gasteiger partial charge in [-0.3, -0.25) is 0 Å². The second kappa shape index (κ2) is 6.24. The highest BCUT2D eigenvalue weighted by Gasteiger charge is 1.95. The van der Waals surface area contributed by atoms with Gasteiger partial charge in [0.2, 0.25) is 0 Å². The molecule has 0 atom stereocenters. The van der Waals surface area contributed by atoms with E-state index in [2.05, 4.69) is 22.6 Å². The smallest absolute Gasteiger partial charge is 0.119 e. The lowest BCUT2D eigenvalue weighted by Crippen LogP contribution is -2.11. The highest BCUT2D eigenvalue weighted by atomic mass is 127. The first-order valence-corrected chi connectivity index (χ1v) is 5.76. The van der Waals surface area contributed by atoms with Crippen LogP contribution in [0.5, 0.6) is 5.75 Å². The highest BCUT2D eigenvalue weighted by molar-refractivity contribution is 14.1. The van der Waals surface area contributed by atoms with Gasteiger partial charge in [0, 0.05) is 3.57 Å². The molecule has 0 saturated heterocycles. The second-order valence-corrected chi connectivity index (χ2v) is 4.47. The maximum absolute atomic E-state index is 5.48. The summed E-state index contributed by atoms with van der Waals surface area (Å²) in [4.78, 5) is 0. The van der Waals surface area contributed by atoms with E-state index in [1.807, 2.05) is 38.1 Å². The quantitative estimate of drug-likeness (QED) is 0.615. The molecule has 1 aromatic rings. The molecule has 0 aromatic heterocycles. The molecule has 0 saturated carbocycles. The van der Waals surface area contributed by atoms with Gasteiger partial charge < -0.3 is 9.47 Å². The Morgan fingerprint density at radius 3 is 2.36 bits per heavy atom. The van der Waals surface area contributed by atoms with Gasteiger partial charge in [-0.1, -0.05) is 0 Å². The third-order valence-electron chi connectivity index (χ3n) is 1.62. The van der Waals surface area contributed by atoms with Crippen LogP contribution in [-0.2, 0) is 4.74 Å². The molecule has 0 N–H and O–H groups in total. The number of rotatable bonds is 5. The monoisotopic (exact) mass is 306 g/mol. The zero-order valence-corrected chi connectivity index (χ0v) is 10.7. The van der Waals surface area contributed by atoms with Gasteiger partial charge in [0.15, 0.2) is 0 Å². The molecular weight excluding hydrogens is 291 g/mol. The van der Waals surface area contributed by atoms with Crippen molar-refractivity contribution < 1.29 is 9.47 Å². The fourth-order valence-electron chi connectivity index (χ4n) is 0.974. The van der Waals surface area contributed by atoms with Gasteiger partial charge in [-0.25, -0.2) is 0 Å². The van der Waals surface area contributed by atoms with Crippen LogP contribution in [-0.4, -0.2) is 19.3 Å². The summed E-state index contributed by atoms with van der Waals surface area (Å²) in [6.45, 7) is 5.29. The fraction of sp³-hybridized carbons (Fsp3) is 0.455. The third-order valence-corrected chi connectivity index (χ3v) is 2.34. The van der Waals surface area contributed by atoms with Gasteiger partial charge in [0.25, 0.3) is 0 Å². The minimum atomic E-state index is 0.273. The van der Waals surface area contributed by atoms with Crippen molar-refractivity contribution in [3.63, 3.8) is 0 Å². The Labute approximate surface area is 98.7 Å². The summed E-state index contributed by atoms with van der Waals surface area (Å²) in [5, 5.41) is 0. The molecule has 0 aliphatic heterocycles. The average Bonchev–Trinajstić information content (AvgIpc) is 2.15. The number of benzene rings is 1. The Balaban J connectivity index is 2.21. The number of hydrogen-bond acceptors (Lipinski definition) is 2. The van der Waals surface area contributed by atoms with Crippen LogP contribution < -0.4 is 4.74 Å². The molecule has 0 bridgehead atoms. The molecule has 0 unspecified atom stereocenters. The summed E-state index contributed by atoms with van der Waals surface area (Å²) in [6, 6.07) is 7.99. The fourth-order valence-corrected chi connectivity index (χ4v) is 1.33. The largest absolute Gasteiger partial charge is 0.491 e. The molecule has 0 aliphatic carbocycles. The van der Waals surface area contributed by atoms with E-state index in [9.17, 15) is 0 Å². The van der Waals surface area contributed by atoms with Crippen molar-refractivity contribution >= 4 is 22.6 Å². The summed E-state index contributed by atoms with van der Waals surface area (Å²) in [5.74, 6) is 0.901. The van der Waals surface area contributed by atoms with Crippen LogP contribution in [0.3, 0.4) is 0 Å². The van der Waals surface area contributed by atoms with E-state index < -0.39 is 0 Å². The minimum Gasteiger partial charge on any atom is -0.491 e. The predicted octanol–water partition coefficient (Wildman–Crippen LogP) is 3.10. The summed E-state index contributed by atoms with van der Waals surface area (Å²) >= 11 is 2.27. The lowest BCUT2D eigenvalue weighted by molar-refractivity contribution is 0.0552. The average molecular weight is 306 g/mol. The lowest BCUT2D eigenvalue weighted by Gasteiger charge is -2.09. The molecule has 0 heterocycles. The summed E-state index contributed by atoms with van der Waals surface area (Å²) in [7, 11) is 0. The van der Waals surface area contributed by atoms with E-state index in [4.69, 9.17) is 9.47 Å². The van der Waals surface area contributed by atoms with Gasteiger partial charge in [0.1, 0.15) is 12.4 Å². The Kier molecular flexibility index (Phi) is 5.25. The molecule has 0 spiro atoms. The minimum absolute atomic E-state index is 0.273. The lowest BCUT2D eigenvalue weighted by atomic mass is 10.3. The number of hydrogen-bond donors (Lipinski definition) is 0. The first kappa shape index (κ1) is 11.8. The van der Waals surface area contributed by atoms with E-state index in [0.717, 1.165) is 5.75 Å². The zero-order chi connectivity index (χ0) is 10.4. The zero-order valence-electron chi connectivity index (χ0n) is 8.50. The predicted molar refractivity (Wildman–Crippen MR) is 65.7 cm³/mol. The number of ether oxygens (including phenoxy) is 2. The van der Waals surface area contributed by atoms with E-state index in [-0.39, 0.29) is 6.10 Å². The molecule has 78 valence electrons. The highest BCUT2D eigenvalue weighted by Crippen LogP contribution is 2.13. The molecule has 1 rings (SSSR count).